The predicted molar refractivity (Wildman–Crippen MR) is 168 cm³/mol. The number of hydrogen-bond donors (Lipinski definition) is 0. The third kappa shape index (κ3) is 6.96. The van der Waals surface area contributed by atoms with Gasteiger partial charge in [-0.15, -0.1) is 0 Å². The van der Waals surface area contributed by atoms with Gasteiger partial charge in [0.25, 0.3) is 0 Å². The molecule has 0 bridgehead atoms. The molecule has 2 atom stereocenters. The van der Waals surface area contributed by atoms with Gasteiger partial charge < -0.3 is 9.64 Å². The molecule has 0 aromatic heterocycles. The van der Waals surface area contributed by atoms with Crippen LogP contribution in [0.1, 0.15) is 26.2 Å². The molecular formula is C34H37NO2P2. The minimum atomic E-state index is -0.622. The Hall–Kier alpha value is -2.99. The van der Waals surface area contributed by atoms with Crippen LogP contribution in [0.2, 0.25) is 0 Å². The second-order valence-corrected chi connectivity index (χ2v) is 14.7. The zero-order valence-corrected chi connectivity index (χ0v) is 24.4. The number of hydrogen-bond acceptors (Lipinski definition) is 2. The zero-order chi connectivity index (χ0) is 26.9. The summed E-state index contributed by atoms with van der Waals surface area (Å²) in [6.07, 6.45) is 3.68. The average Bonchev–Trinajstić information content (AvgIpc) is 3.41. The zero-order valence-electron chi connectivity index (χ0n) is 22.6. The van der Waals surface area contributed by atoms with Gasteiger partial charge in [0.05, 0.1) is 6.61 Å². The van der Waals surface area contributed by atoms with Crippen LogP contribution in [-0.4, -0.2) is 42.0 Å². The van der Waals surface area contributed by atoms with Crippen molar-refractivity contribution < 1.29 is 9.53 Å². The number of unbranched alkanes of at least 4 members (excludes halogenated alkanes) is 1. The van der Waals surface area contributed by atoms with Gasteiger partial charge in [0.2, 0.25) is 0 Å². The Kier molecular flexibility index (Phi) is 9.81. The van der Waals surface area contributed by atoms with Gasteiger partial charge in [0.15, 0.2) is 0 Å². The van der Waals surface area contributed by atoms with Crippen molar-refractivity contribution >= 4 is 43.2 Å². The van der Waals surface area contributed by atoms with E-state index < -0.39 is 15.8 Å². The van der Waals surface area contributed by atoms with Crippen LogP contribution in [0.5, 0.6) is 0 Å². The molecule has 1 saturated heterocycles. The minimum absolute atomic E-state index is 0.132. The Bertz CT molecular complexity index is 1210. The molecule has 1 fully saturated rings. The monoisotopic (exact) mass is 553 g/mol. The number of ether oxygens (including phenoxy) is 1. The van der Waals surface area contributed by atoms with Crippen molar-refractivity contribution in [3.63, 3.8) is 0 Å². The molecule has 3 nitrogen and oxygen atoms in total. The van der Waals surface area contributed by atoms with Crippen LogP contribution < -0.4 is 21.2 Å². The fraction of sp³-hybridized carbons (Fsp3) is 0.265. The van der Waals surface area contributed by atoms with E-state index >= 15 is 0 Å². The van der Waals surface area contributed by atoms with Gasteiger partial charge >= 0.3 is 6.09 Å². The smallest absolute Gasteiger partial charge is 0.410 e. The van der Waals surface area contributed by atoms with E-state index in [0.29, 0.717) is 12.3 Å². The van der Waals surface area contributed by atoms with E-state index in [1.165, 1.54) is 21.2 Å². The Balaban J connectivity index is 1.48. The van der Waals surface area contributed by atoms with Gasteiger partial charge in [0, 0.05) is 18.2 Å². The topological polar surface area (TPSA) is 29.5 Å². The summed E-state index contributed by atoms with van der Waals surface area (Å²) in [5, 5.41) is 5.46. The van der Waals surface area contributed by atoms with Crippen molar-refractivity contribution in [3.8, 4) is 0 Å². The summed E-state index contributed by atoms with van der Waals surface area (Å²) in [7, 11) is -1.24. The Labute approximate surface area is 235 Å². The van der Waals surface area contributed by atoms with Gasteiger partial charge in [-0.3, -0.25) is 0 Å². The number of carbonyl (C=O) groups is 1. The van der Waals surface area contributed by atoms with Crippen molar-refractivity contribution in [1.82, 2.24) is 4.90 Å². The van der Waals surface area contributed by atoms with E-state index in [2.05, 4.69) is 133 Å². The van der Waals surface area contributed by atoms with Crippen molar-refractivity contribution in [2.45, 2.75) is 37.9 Å². The number of amides is 1. The maximum Gasteiger partial charge on any atom is 0.410 e. The lowest BCUT2D eigenvalue weighted by Crippen LogP contribution is -2.39. The number of carbonyl (C=O) groups excluding carboxylic acids is 1. The summed E-state index contributed by atoms with van der Waals surface area (Å²) in [6.45, 7) is 3.35. The fourth-order valence-corrected chi connectivity index (χ4v) is 10.9. The third-order valence-corrected chi connectivity index (χ3v) is 12.8. The molecule has 0 radical (unpaired) electrons. The number of benzene rings is 4. The molecule has 5 heteroatoms. The molecule has 0 aliphatic carbocycles. The first-order valence-electron chi connectivity index (χ1n) is 13.9. The van der Waals surface area contributed by atoms with Crippen LogP contribution in [0.15, 0.2) is 121 Å². The Morgan fingerprint density at radius 3 is 1.67 bits per heavy atom. The van der Waals surface area contributed by atoms with E-state index in [0.717, 1.165) is 32.0 Å². The molecule has 0 saturated carbocycles. The highest BCUT2D eigenvalue weighted by atomic mass is 31.1. The second kappa shape index (κ2) is 13.9. The molecule has 39 heavy (non-hydrogen) atoms. The van der Waals surface area contributed by atoms with Gasteiger partial charge in [-0.05, 0) is 56.1 Å². The maximum absolute atomic E-state index is 13.5. The molecule has 0 spiro atoms. The van der Waals surface area contributed by atoms with E-state index in [1.54, 1.807) is 0 Å². The van der Waals surface area contributed by atoms with Crippen molar-refractivity contribution in [3.05, 3.63) is 121 Å². The molecule has 200 valence electrons. The van der Waals surface area contributed by atoms with Crippen molar-refractivity contribution in [2.75, 3.05) is 19.3 Å². The van der Waals surface area contributed by atoms with Crippen LogP contribution in [-0.2, 0) is 4.74 Å². The lowest BCUT2D eigenvalue weighted by molar-refractivity contribution is 0.0998. The quantitative estimate of drug-likeness (QED) is 0.163. The normalized spacial score (nSPS) is 17.1. The molecule has 1 amide bonds. The standard InChI is InChI=1S/C34H37NO2P2/c1-2-3-24-37-34(36)35-26-33(39(31-20-12-6-13-21-31)32-22-14-7-15-23-32)25-28(35)27-38(29-16-8-4-9-17-29)30-18-10-5-11-19-30/h4-23,28,33H,2-3,24-27H2,1H3. The van der Waals surface area contributed by atoms with Crippen molar-refractivity contribution in [1.29, 1.82) is 0 Å². The number of rotatable bonds is 10. The van der Waals surface area contributed by atoms with E-state index in [9.17, 15) is 4.79 Å². The molecule has 1 aliphatic heterocycles. The summed E-state index contributed by atoms with van der Waals surface area (Å²) in [4.78, 5) is 15.6. The molecule has 1 heterocycles. The van der Waals surface area contributed by atoms with Crippen LogP contribution in [0.3, 0.4) is 0 Å². The molecule has 4 aromatic carbocycles. The van der Waals surface area contributed by atoms with Gasteiger partial charge in [0.1, 0.15) is 0 Å². The lowest BCUT2D eigenvalue weighted by Gasteiger charge is -2.28. The molecule has 0 N–H and O–H groups in total. The average molecular weight is 554 g/mol. The minimum Gasteiger partial charge on any atom is -0.449 e. The summed E-state index contributed by atoms with van der Waals surface area (Å²) in [6, 6.07) is 43.6. The third-order valence-electron chi connectivity index (χ3n) is 7.31. The molecule has 5 rings (SSSR count). The van der Waals surface area contributed by atoms with E-state index in [-0.39, 0.29) is 12.1 Å². The van der Waals surface area contributed by atoms with Crippen molar-refractivity contribution in [2.24, 2.45) is 0 Å². The first-order valence-corrected chi connectivity index (χ1v) is 16.9. The lowest BCUT2D eigenvalue weighted by atomic mass is 10.2. The van der Waals surface area contributed by atoms with Crippen LogP contribution in [0.25, 0.3) is 0 Å². The molecule has 2 unspecified atom stereocenters. The SMILES string of the molecule is CCCCOC(=O)N1CC(P(c2ccccc2)c2ccccc2)CC1CP(c1ccccc1)c1ccccc1. The van der Waals surface area contributed by atoms with Crippen LogP contribution in [0.4, 0.5) is 4.79 Å². The van der Waals surface area contributed by atoms with E-state index in [4.69, 9.17) is 4.74 Å². The largest absolute Gasteiger partial charge is 0.449 e. The first-order chi connectivity index (χ1) is 19.2. The summed E-state index contributed by atoms with van der Waals surface area (Å²) in [5.74, 6) is 0. The Morgan fingerprint density at radius 2 is 1.21 bits per heavy atom. The highest BCUT2D eigenvalue weighted by Crippen LogP contribution is 2.48. The van der Waals surface area contributed by atoms with Crippen LogP contribution in [0, 0.1) is 0 Å². The molecule has 1 aliphatic rings. The van der Waals surface area contributed by atoms with E-state index in [1.807, 2.05) is 0 Å². The number of nitrogens with zero attached hydrogens (tertiary/aromatic N) is 1. The summed E-state index contributed by atoms with van der Waals surface area (Å²) >= 11 is 0. The predicted octanol–water partition coefficient (Wildman–Crippen LogP) is 6.63. The van der Waals surface area contributed by atoms with Gasteiger partial charge in [-0.1, -0.05) is 135 Å². The summed E-state index contributed by atoms with van der Waals surface area (Å²) < 4.78 is 5.83. The molecular weight excluding hydrogens is 516 g/mol. The molecule has 4 aromatic rings. The fourth-order valence-electron chi connectivity index (χ4n) is 5.40. The highest BCUT2D eigenvalue weighted by Gasteiger charge is 2.41. The number of likely N-dealkylation sites (tertiary alicyclic amines) is 1. The Morgan fingerprint density at radius 1 is 0.744 bits per heavy atom. The second-order valence-electron chi connectivity index (χ2n) is 9.99. The first kappa shape index (κ1) is 27.6. The van der Waals surface area contributed by atoms with Gasteiger partial charge in [-0.2, -0.15) is 0 Å². The highest BCUT2D eigenvalue weighted by molar-refractivity contribution is 7.74. The van der Waals surface area contributed by atoms with Gasteiger partial charge in [-0.25, -0.2) is 4.79 Å². The summed E-state index contributed by atoms with van der Waals surface area (Å²) in [5.41, 5.74) is 0.372. The maximum atomic E-state index is 13.5. The van der Waals surface area contributed by atoms with Crippen LogP contribution >= 0.6 is 15.8 Å².